The Balaban J connectivity index is 1.52. The number of rotatable bonds is 27. The van der Waals surface area contributed by atoms with Crippen LogP contribution in [0.25, 0.3) is 0 Å². The monoisotopic (exact) mass is 761 g/mol. The van der Waals surface area contributed by atoms with Gasteiger partial charge in [-0.15, -0.1) is 0 Å². The zero-order valence-corrected chi connectivity index (χ0v) is 34.5. The largest absolute Gasteiger partial charge is 0.461 e. The summed E-state index contributed by atoms with van der Waals surface area (Å²) in [4.78, 5) is 66.4. The van der Waals surface area contributed by atoms with E-state index in [4.69, 9.17) is 20.8 Å². The first-order valence-corrected chi connectivity index (χ1v) is 21.1. The Morgan fingerprint density at radius 1 is 0.833 bits per heavy atom. The molecule has 54 heavy (non-hydrogen) atoms. The number of aliphatic hydroxyl groups excluding tert-OH is 1. The number of nitrogens with two attached hydrogens (primary N) is 2. The highest BCUT2D eigenvalue weighted by molar-refractivity contribution is 6.47. The third-order valence-electron chi connectivity index (χ3n) is 12.9. The van der Waals surface area contributed by atoms with E-state index < -0.39 is 54.7 Å². The van der Waals surface area contributed by atoms with Crippen molar-refractivity contribution in [3.63, 3.8) is 0 Å². The van der Waals surface area contributed by atoms with E-state index in [0.29, 0.717) is 44.1 Å². The molecule has 7 N–H and O–H groups in total. The molecule has 3 saturated carbocycles. The number of carbonyl (C=O) groups is 5. The number of carbonyl (C=O) groups excluding carboxylic acids is 5. The first-order chi connectivity index (χ1) is 25.5. The molecule has 0 radical (unpaired) electrons. The first-order valence-electron chi connectivity index (χ1n) is 21.1. The van der Waals surface area contributed by atoms with Crippen molar-refractivity contribution in [2.24, 2.45) is 40.6 Å². The highest BCUT2D eigenvalue weighted by Crippen LogP contribution is 2.66. The molecule has 0 unspecified atom stereocenters. The van der Waals surface area contributed by atoms with Crippen LogP contribution in [0.15, 0.2) is 0 Å². The lowest BCUT2D eigenvalue weighted by Crippen LogP contribution is -2.65. The second-order valence-corrected chi connectivity index (χ2v) is 17.7. The van der Waals surface area contributed by atoms with E-state index in [1.165, 1.54) is 26.2 Å². The van der Waals surface area contributed by atoms with Crippen molar-refractivity contribution in [1.82, 2.24) is 10.6 Å². The van der Waals surface area contributed by atoms with Gasteiger partial charge < -0.3 is 36.5 Å². The molecular weight excluding hydrogens is 687 g/mol. The topological polar surface area (TPSA) is 200 Å². The van der Waals surface area contributed by atoms with Crippen LogP contribution in [0, 0.1) is 29.1 Å². The molecule has 308 valence electrons. The fraction of sp³-hybridized carbons (Fsp3) is 0.878. The van der Waals surface area contributed by atoms with Crippen LogP contribution >= 0.6 is 0 Å². The number of aliphatic hydroxyl groups is 1. The minimum Gasteiger partial charge on any atom is -0.405 e. The summed E-state index contributed by atoms with van der Waals surface area (Å²) < 4.78 is 13.0. The third-order valence-corrected chi connectivity index (χ3v) is 12.9. The smallest absolute Gasteiger partial charge is 0.405 e. The van der Waals surface area contributed by atoms with Crippen molar-refractivity contribution in [3.8, 4) is 0 Å². The van der Waals surface area contributed by atoms with Crippen LogP contribution in [-0.4, -0.2) is 84.4 Å². The molecule has 4 fully saturated rings. The lowest BCUT2D eigenvalue weighted by atomic mass is 9.43. The molecule has 13 heteroatoms. The maximum atomic E-state index is 13.7. The molecule has 3 aliphatic carbocycles. The molecule has 0 aromatic rings. The first kappa shape index (κ1) is 46.2. The van der Waals surface area contributed by atoms with Gasteiger partial charge in [-0.1, -0.05) is 73.1 Å². The number of hydrogen-bond acceptors (Lipinski definition) is 10. The summed E-state index contributed by atoms with van der Waals surface area (Å²) in [6.07, 6.45) is 10.4. The molecule has 2 bridgehead atoms. The Morgan fingerprint density at radius 2 is 1.50 bits per heavy atom. The molecule has 1 saturated heterocycles. The van der Waals surface area contributed by atoms with Gasteiger partial charge in [-0.05, 0) is 82.0 Å². The van der Waals surface area contributed by atoms with Crippen LogP contribution in [0.2, 0.25) is 5.82 Å². The van der Waals surface area contributed by atoms with Crippen LogP contribution in [0.1, 0.15) is 151 Å². The number of unbranched alkanes of at least 4 members (excludes halogenated alkanes) is 7. The number of nitrogens with one attached hydrogen (secondary N) is 2. The molecule has 12 nitrogen and oxygen atoms in total. The maximum Gasteiger partial charge on any atom is 0.461 e. The average molecular weight is 761 g/mol. The van der Waals surface area contributed by atoms with Gasteiger partial charge in [0.1, 0.15) is 11.8 Å². The molecule has 1 heterocycles. The zero-order chi connectivity index (χ0) is 40.2. The molecule has 1 aliphatic heterocycles. The summed E-state index contributed by atoms with van der Waals surface area (Å²) in [5, 5.41) is 15.9. The second kappa shape index (κ2) is 21.4. The second-order valence-electron chi connectivity index (χ2n) is 17.7. The highest BCUT2D eigenvalue weighted by Gasteiger charge is 2.68. The van der Waals surface area contributed by atoms with Gasteiger partial charge in [0.25, 0.3) is 0 Å². The van der Waals surface area contributed by atoms with E-state index in [9.17, 15) is 29.1 Å². The predicted molar refractivity (Wildman–Crippen MR) is 211 cm³/mol. The zero-order valence-electron chi connectivity index (χ0n) is 34.5. The van der Waals surface area contributed by atoms with Gasteiger partial charge in [-0.25, -0.2) is 0 Å². The normalized spacial score (nSPS) is 26.0. The summed E-state index contributed by atoms with van der Waals surface area (Å²) in [5.74, 6) is -2.64. The Kier molecular flexibility index (Phi) is 18.3. The minimum atomic E-state index is -1.28. The van der Waals surface area contributed by atoms with E-state index in [2.05, 4.69) is 38.3 Å². The van der Waals surface area contributed by atoms with Gasteiger partial charge in [0, 0.05) is 38.1 Å². The molecule has 0 aromatic heterocycles. The van der Waals surface area contributed by atoms with E-state index in [1.54, 1.807) is 6.92 Å². The van der Waals surface area contributed by atoms with E-state index in [-0.39, 0.29) is 60.3 Å². The van der Waals surface area contributed by atoms with Gasteiger partial charge in [-0.2, -0.15) is 0 Å². The lowest BCUT2D eigenvalue weighted by molar-refractivity contribution is -0.199. The minimum absolute atomic E-state index is 0.00825. The molecule has 0 aromatic carbocycles. The Morgan fingerprint density at radius 3 is 2.11 bits per heavy atom. The predicted octanol–water partition coefficient (Wildman–Crippen LogP) is 4.81. The van der Waals surface area contributed by atoms with Crippen molar-refractivity contribution in [1.29, 1.82) is 0 Å². The summed E-state index contributed by atoms with van der Waals surface area (Å²) in [6.45, 7) is 14.2. The van der Waals surface area contributed by atoms with Crippen molar-refractivity contribution in [2.45, 2.75) is 187 Å². The number of amides is 2. The van der Waals surface area contributed by atoms with Gasteiger partial charge in [0.2, 0.25) is 11.8 Å². The Hall–Kier alpha value is -2.19. The molecule has 2 amide bonds. The third kappa shape index (κ3) is 12.2. The highest BCUT2D eigenvalue weighted by atomic mass is 16.7. The van der Waals surface area contributed by atoms with Gasteiger partial charge >= 0.3 is 7.12 Å². The van der Waals surface area contributed by atoms with Gasteiger partial charge in [0.05, 0.1) is 29.8 Å². The Labute approximate surface area is 325 Å². The number of ketones is 3. The van der Waals surface area contributed by atoms with Crippen LogP contribution in [0.3, 0.4) is 0 Å². The van der Waals surface area contributed by atoms with Gasteiger partial charge in [-0.3, -0.25) is 24.0 Å². The molecular formula is C41H73BN4O8. The summed E-state index contributed by atoms with van der Waals surface area (Å²) in [5.41, 5.74) is 11.4. The summed E-state index contributed by atoms with van der Waals surface area (Å²) in [7, 11) is -0.509. The van der Waals surface area contributed by atoms with Crippen molar-refractivity contribution < 1.29 is 38.4 Å². The van der Waals surface area contributed by atoms with E-state index >= 15 is 0 Å². The van der Waals surface area contributed by atoms with Gasteiger partial charge in [0.15, 0.2) is 11.6 Å². The maximum absolute atomic E-state index is 13.7. The number of hydrogen-bond donors (Lipinski definition) is 5. The average Bonchev–Trinajstić information content (AvgIpc) is 3.49. The number of Topliss-reactive ketones (excluding diaryl/α,β-unsaturated/α-hetero) is 3. The molecule has 10 atom stereocenters. The quantitative estimate of drug-likeness (QED) is 0.0572. The molecule has 0 spiro atoms. The fourth-order valence-electron chi connectivity index (χ4n) is 9.02. The van der Waals surface area contributed by atoms with Crippen LogP contribution in [0.5, 0.6) is 0 Å². The van der Waals surface area contributed by atoms with Crippen LogP contribution in [0.4, 0.5) is 0 Å². The standard InChI is InChI=1S/C41H73BN4O8/c1-8-9-10-11-12-13-14-17-31(48)22-29(25-44)39(52)46-37(28(4)47)34(50)20-26(2)38(51)45-32(18-15-16-19-43)33(49)21-27(3)42-53-36-24-30-23-35(40(30,5)6)41(36,7)54-42/h26-30,32,35-37,47H,8-25,43-44H2,1-7H3,(H,45,51)(H,46,52)/t26-,27-,28-,29+,30+,32+,35+,36-,37+,41+/m1/s1. The SMILES string of the molecule is CCCCCCCCCC(=O)C[C@@H](CN)C(=O)N[C@H](C(=O)C[C@@H](C)C(=O)N[C@@H](CCCCN)C(=O)C[C@@H](C)B1O[C@@H]2C[C@@H]3C[C@@H](C3(C)C)[C@]2(C)O1)[C@@H](C)O. The van der Waals surface area contributed by atoms with E-state index in [0.717, 1.165) is 38.5 Å². The van der Waals surface area contributed by atoms with Crippen LogP contribution < -0.4 is 22.1 Å². The van der Waals surface area contributed by atoms with Crippen molar-refractivity contribution in [3.05, 3.63) is 0 Å². The lowest BCUT2D eigenvalue weighted by Gasteiger charge is -2.64. The summed E-state index contributed by atoms with van der Waals surface area (Å²) in [6, 6.07) is -2.05. The Bertz CT molecular complexity index is 1270. The van der Waals surface area contributed by atoms with Crippen LogP contribution in [-0.2, 0) is 33.3 Å². The van der Waals surface area contributed by atoms with E-state index in [1.807, 2.05) is 6.92 Å². The summed E-state index contributed by atoms with van der Waals surface area (Å²) >= 11 is 0. The molecule has 4 aliphatic rings. The van der Waals surface area contributed by atoms with Crippen molar-refractivity contribution in [2.75, 3.05) is 13.1 Å². The fourth-order valence-corrected chi connectivity index (χ4v) is 9.02. The molecule has 4 rings (SSSR count). The van der Waals surface area contributed by atoms with Crippen molar-refractivity contribution >= 4 is 36.3 Å².